The summed E-state index contributed by atoms with van der Waals surface area (Å²) in [7, 11) is 0. The minimum atomic E-state index is -0.358. The second-order valence-corrected chi connectivity index (χ2v) is 3.80. The van der Waals surface area contributed by atoms with Gasteiger partial charge in [-0.3, -0.25) is 5.73 Å². The molecule has 1 aromatic carbocycles. The van der Waals surface area contributed by atoms with Gasteiger partial charge in [-0.2, -0.15) is 5.10 Å². The lowest BCUT2D eigenvalue weighted by atomic mass is 10.3. The van der Waals surface area contributed by atoms with Crippen LogP contribution in [0.4, 0.5) is 0 Å². The maximum atomic E-state index is 6.05. The van der Waals surface area contributed by atoms with Gasteiger partial charge in [0.15, 0.2) is 5.75 Å². The molecule has 2 N–H and O–H groups in total. The number of hydrogen-bond donors (Lipinski definition) is 1. The first-order valence-electron chi connectivity index (χ1n) is 4.88. The molecule has 0 fully saturated rings. The van der Waals surface area contributed by atoms with E-state index in [1.165, 1.54) is 0 Å². The summed E-state index contributed by atoms with van der Waals surface area (Å²) in [4.78, 5) is 0. The number of para-hydroxylation sites is 1. The number of halogens is 1. The van der Waals surface area contributed by atoms with Gasteiger partial charge in [-0.15, -0.1) is 0 Å². The number of ether oxygens (including phenoxy) is 1. The summed E-state index contributed by atoms with van der Waals surface area (Å²) in [5.74, 6) is 0.620. The van der Waals surface area contributed by atoms with E-state index in [0.717, 1.165) is 5.69 Å². The maximum Gasteiger partial charge on any atom is 0.160 e. The average molecular weight is 238 g/mol. The van der Waals surface area contributed by atoms with Gasteiger partial charge < -0.3 is 4.74 Å². The summed E-state index contributed by atoms with van der Waals surface area (Å²) < 4.78 is 6.96. The van der Waals surface area contributed by atoms with E-state index in [1.807, 2.05) is 24.3 Å². The lowest BCUT2D eigenvalue weighted by Crippen LogP contribution is -2.22. The molecule has 1 aromatic heterocycles. The zero-order valence-electron chi connectivity index (χ0n) is 8.80. The highest BCUT2D eigenvalue weighted by Gasteiger charge is 2.05. The Bertz CT molecular complexity index is 482. The second kappa shape index (κ2) is 4.55. The zero-order valence-corrected chi connectivity index (χ0v) is 9.56. The van der Waals surface area contributed by atoms with Crippen molar-refractivity contribution in [1.82, 2.24) is 9.78 Å². The molecule has 0 saturated carbocycles. The van der Waals surface area contributed by atoms with Gasteiger partial charge in [-0.1, -0.05) is 23.7 Å². The van der Waals surface area contributed by atoms with Crippen LogP contribution in [0.15, 0.2) is 36.7 Å². The van der Waals surface area contributed by atoms with Gasteiger partial charge in [0.1, 0.15) is 6.23 Å². The Hall–Kier alpha value is -1.52. The molecule has 0 aliphatic rings. The van der Waals surface area contributed by atoms with Crippen molar-refractivity contribution in [2.75, 3.05) is 0 Å². The SMILES string of the molecule is CC(N)Oc1cnn(-c2ccccc2Cl)c1. The Balaban J connectivity index is 2.28. The van der Waals surface area contributed by atoms with Crippen LogP contribution in [-0.4, -0.2) is 16.0 Å². The molecule has 2 rings (SSSR count). The highest BCUT2D eigenvalue weighted by molar-refractivity contribution is 6.32. The third kappa shape index (κ3) is 2.35. The topological polar surface area (TPSA) is 53.1 Å². The van der Waals surface area contributed by atoms with E-state index in [4.69, 9.17) is 22.1 Å². The molecule has 84 valence electrons. The van der Waals surface area contributed by atoms with Crippen LogP contribution in [0.1, 0.15) is 6.92 Å². The third-order valence-corrected chi connectivity index (χ3v) is 2.30. The van der Waals surface area contributed by atoms with E-state index in [2.05, 4.69) is 5.10 Å². The van der Waals surface area contributed by atoms with Gasteiger partial charge in [-0.25, -0.2) is 4.68 Å². The van der Waals surface area contributed by atoms with Crippen molar-refractivity contribution >= 4 is 11.6 Å². The van der Waals surface area contributed by atoms with Crippen molar-refractivity contribution in [3.8, 4) is 11.4 Å². The van der Waals surface area contributed by atoms with Crippen LogP contribution in [0, 0.1) is 0 Å². The number of benzene rings is 1. The van der Waals surface area contributed by atoms with E-state index >= 15 is 0 Å². The maximum absolute atomic E-state index is 6.05. The zero-order chi connectivity index (χ0) is 11.5. The number of rotatable bonds is 3. The van der Waals surface area contributed by atoms with Crippen LogP contribution in [0.5, 0.6) is 5.75 Å². The highest BCUT2D eigenvalue weighted by atomic mass is 35.5. The molecule has 1 heterocycles. The number of aromatic nitrogens is 2. The molecule has 1 atom stereocenters. The van der Waals surface area contributed by atoms with Gasteiger partial charge in [0, 0.05) is 0 Å². The first kappa shape index (κ1) is 11.0. The minimum absolute atomic E-state index is 0.358. The average Bonchev–Trinajstić information content (AvgIpc) is 2.66. The van der Waals surface area contributed by atoms with Gasteiger partial charge in [0.2, 0.25) is 0 Å². The summed E-state index contributed by atoms with van der Waals surface area (Å²) in [6.45, 7) is 1.76. The van der Waals surface area contributed by atoms with E-state index in [0.29, 0.717) is 10.8 Å². The quantitative estimate of drug-likeness (QED) is 0.833. The van der Waals surface area contributed by atoms with Gasteiger partial charge in [0.05, 0.1) is 23.1 Å². The molecule has 0 aliphatic heterocycles. The Kier molecular flexibility index (Phi) is 3.12. The largest absolute Gasteiger partial charge is 0.473 e. The highest BCUT2D eigenvalue weighted by Crippen LogP contribution is 2.21. The predicted molar refractivity (Wildman–Crippen MR) is 62.9 cm³/mol. The monoisotopic (exact) mass is 237 g/mol. The fourth-order valence-corrected chi connectivity index (χ4v) is 1.57. The van der Waals surface area contributed by atoms with E-state index in [9.17, 15) is 0 Å². The van der Waals surface area contributed by atoms with Crippen LogP contribution in [-0.2, 0) is 0 Å². The van der Waals surface area contributed by atoms with Crippen molar-refractivity contribution in [3.63, 3.8) is 0 Å². The standard InChI is InChI=1S/C11H12ClN3O/c1-8(13)16-9-6-14-15(7-9)11-5-3-2-4-10(11)12/h2-8H,13H2,1H3. The predicted octanol–water partition coefficient (Wildman–Crippen LogP) is 2.21. The summed E-state index contributed by atoms with van der Waals surface area (Å²) in [6.07, 6.45) is 2.99. The minimum Gasteiger partial charge on any atom is -0.473 e. The van der Waals surface area contributed by atoms with Crippen molar-refractivity contribution in [3.05, 3.63) is 41.7 Å². The Labute approximate surface area is 98.6 Å². The Morgan fingerprint density at radius 2 is 2.19 bits per heavy atom. The van der Waals surface area contributed by atoms with Crippen LogP contribution in [0.25, 0.3) is 5.69 Å². The summed E-state index contributed by atoms with van der Waals surface area (Å²) in [5.41, 5.74) is 6.33. The fraction of sp³-hybridized carbons (Fsp3) is 0.182. The molecule has 0 aliphatic carbocycles. The van der Waals surface area contributed by atoms with Crippen LogP contribution in [0.3, 0.4) is 0 Å². The summed E-state index contributed by atoms with van der Waals surface area (Å²) in [5, 5.41) is 4.79. The third-order valence-electron chi connectivity index (χ3n) is 1.98. The Morgan fingerprint density at radius 1 is 1.44 bits per heavy atom. The molecule has 4 nitrogen and oxygen atoms in total. The normalized spacial score (nSPS) is 12.4. The van der Waals surface area contributed by atoms with Crippen molar-refractivity contribution in [2.24, 2.45) is 5.73 Å². The number of nitrogens with zero attached hydrogens (tertiary/aromatic N) is 2. The molecule has 16 heavy (non-hydrogen) atoms. The van der Waals surface area contributed by atoms with Crippen LogP contribution < -0.4 is 10.5 Å². The van der Waals surface area contributed by atoms with Crippen LogP contribution >= 0.6 is 11.6 Å². The van der Waals surface area contributed by atoms with Gasteiger partial charge in [0.25, 0.3) is 0 Å². The molecular weight excluding hydrogens is 226 g/mol. The molecule has 0 amide bonds. The molecule has 0 bridgehead atoms. The Morgan fingerprint density at radius 3 is 2.88 bits per heavy atom. The summed E-state index contributed by atoms with van der Waals surface area (Å²) in [6, 6.07) is 7.46. The molecule has 0 radical (unpaired) electrons. The molecule has 0 saturated heterocycles. The van der Waals surface area contributed by atoms with Gasteiger partial charge in [-0.05, 0) is 19.1 Å². The first-order valence-corrected chi connectivity index (χ1v) is 5.26. The smallest absolute Gasteiger partial charge is 0.160 e. The molecular formula is C11H12ClN3O. The molecule has 5 heteroatoms. The second-order valence-electron chi connectivity index (χ2n) is 3.39. The first-order chi connectivity index (χ1) is 7.66. The fourth-order valence-electron chi connectivity index (χ4n) is 1.35. The van der Waals surface area contributed by atoms with Crippen molar-refractivity contribution < 1.29 is 4.74 Å². The molecule has 1 unspecified atom stereocenters. The summed E-state index contributed by atoms with van der Waals surface area (Å²) >= 11 is 6.05. The van der Waals surface area contributed by atoms with E-state index in [1.54, 1.807) is 24.0 Å². The van der Waals surface area contributed by atoms with Crippen molar-refractivity contribution in [2.45, 2.75) is 13.2 Å². The number of hydrogen-bond acceptors (Lipinski definition) is 3. The van der Waals surface area contributed by atoms with Crippen LogP contribution in [0.2, 0.25) is 5.02 Å². The molecule has 0 spiro atoms. The lowest BCUT2D eigenvalue weighted by Gasteiger charge is -2.06. The lowest BCUT2D eigenvalue weighted by molar-refractivity contribution is 0.230. The van der Waals surface area contributed by atoms with E-state index < -0.39 is 0 Å². The van der Waals surface area contributed by atoms with E-state index in [-0.39, 0.29) is 6.23 Å². The number of nitrogens with two attached hydrogens (primary N) is 1. The van der Waals surface area contributed by atoms with Crippen molar-refractivity contribution in [1.29, 1.82) is 0 Å². The van der Waals surface area contributed by atoms with Gasteiger partial charge >= 0.3 is 0 Å². The molecule has 2 aromatic rings.